The number of nitrogens with zero attached hydrogens (tertiary/aromatic N) is 5. The van der Waals surface area contributed by atoms with Gasteiger partial charge in [0, 0.05) is 24.4 Å². The van der Waals surface area contributed by atoms with Gasteiger partial charge in [-0.1, -0.05) is 103 Å². The van der Waals surface area contributed by atoms with Crippen molar-refractivity contribution in [2.45, 2.75) is 88.7 Å². The van der Waals surface area contributed by atoms with Crippen LogP contribution in [0.5, 0.6) is 11.5 Å². The van der Waals surface area contributed by atoms with E-state index in [1.54, 1.807) is 26.9 Å². The number of aliphatic imine (C=N–C) groups is 2. The summed E-state index contributed by atoms with van der Waals surface area (Å²) in [6.07, 6.45) is 0.786. The molecule has 1 amide bonds. The van der Waals surface area contributed by atoms with Crippen LogP contribution in [0, 0.1) is 11.3 Å². The molecule has 3 aliphatic heterocycles. The van der Waals surface area contributed by atoms with Gasteiger partial charge < -0.3 is 42.9 Å². The van der Waals surface area contributed by atoms with Crippen LogP contribution < -0.4 is 20.1 Å². The first-order chi connectivity index (χ1) is 34.6. The van der Waals surface area contributed by atoms with Gasteiger partial charge in [0.15, 0.2) is 6.17 Å². The molecule has 16 heteroatoms. The van der Waals surface area contributed by atoms with Gasteiger partial charge in [0.25, 0.3) is 8.53 Å². The second-order valence-electron chi connectivity index (χ2n) is 18.1. The number of hydrogen-bond donors (Lipinski definition) is 2. The van der Waals surface area contributed by atoms with Gasteiger partial charge in [0.1, 0.15) is 47.6 Å². The van der Waals surface area contributed by atoms with E-state index >= 15 is 0 Å². The molecular weight excluding hydrogens is 918 g/mol. The van der Waals surface area contributed by atoms with Crippen LogP contribution in [-0.4, -0.2) is 99.1 Å². The lowest BCUT2D eigenvalue weighted by Gasteiger charge is -2.39. The second-order valence-corrected chi connectivity index (χ2v) is 19.5. The molecule has 5 aromatic rings. The van der Waals surface area contributed by atoms with E-state index in [1.165, 1.54) is 0 Å². The van der Waals surface area contributed by atoms with Gasteiger partial charge in [0.05, 0.1) is 58.7 Å². The smallest absolute Gasteiger partial charge is 0.412 e. The normalized spacial score (nSPS) is 19.6. The van der Waals surface area contributed by atoms with Crippen LogP contribution in [-0.2, 0) is 28.9 Å². The number of nitrogens with one attached hydrogen (secondary N) is 2. The topological polar surface area (TPSA) is 161 Å². The average Bonchev–Trinajstić information content (AvgIpc) is 4.10. The number of fused-ring (bicyclic) bond motifs is 4. The third-order valence-corrected chi connectivity index (χ3v) is 15.3. The first-order valence-electron chi connectivity index (χ1n) is 24.0. The number of alkyl carbamates (subject to hydrolysis) is 1. The maximum absolute atomic E-state index is 13.6. The highest BCUT2D eigenvalue weighted by Gasteiger charge is 2.48. The maximum atomic E-state index is 13.6. The van der Waals surface area contributed by atoms with Crippen molar-refractivity contribution in [1.29, 1.82) is 5.26 Å². The number of nitriles is 1. The zero-order chi connectivity index (χ0) is 49.5. The quantitative estimate of drug-likeness (QED) is 0.0432. The number of carbonyl (C=O) groups excluding carboxylic acids is 1. The third-order valence-electron chi connectivity index (χ3n) is 13.1. The molecule has 1 saturated heterocycles. The van der Waals surface area contributed by atoms with E-state index in [0.29, 0.717) is 29.4 Å². The minimum Gasteiger partial charge on any atom is -0.497 e. The number of rotatable bonds is 20. The number of methoxy groups -OCH3 is 2. The molecule has 3 heterocycles. The fourth-order valence-electron chi connectivity index (χ4n) is 9.89. The molecule has 0 aromatic heterocycles. The van der Waals surface area contributed by atoms with Crippen LogP contribution in [0.1, 0.15) is 74.3 Å². The average molecular weight is 978 g/mol. The van der Waals surface area contributed by atoms with Crippen LogP contribution in [0.2, 0.25) is 0 Å². The number of benzene rings is 5. The van der Waals surface area contributed by atoms with Crippen molar-refractivity contribution < 1.29 is 37.5 Å². The Hall–Kier alpha value is -6.63. The summed E-state index contributed by atoms with van der Waals surface area (Å²) < 4.78 is 47.4. The van der Waals surface area contributed by atoms with Crippen LogP contribution in [0.3, 0.4) is 0 Å². The molecule has 71 heavy (non-hydrogen) atoms. The van der Waals surface area contributed by atoms with Crippen molar-refractivity contribution in [2.24, 2.45) is 9.98 Å². The summed E-state index contributed by atoms with van der Waals surface area (Å²) in [4.78, 5) is 25.1. The Bertz CT molecular complexity index is 2660. The van der Waals surface area contributed by atoms with E-state index in [4.69, 9.17) is 42.7 Å². The lowest BCUT2D eigenvalue weighted by molar-refractivity contribution is -0.0995. The first kappa shape index (κ1) is 49.4. The highest BCUT2D eigenvalue weighted by molar-refractivity contribution is 7.44. The number of ether oxygens (including phenoxy) is 5. The summed E-state index contributed by atoms with van der Waals surface area (Å²) in [6, 6.07) is 44.7. The second kappa shape index (κ2) is 22.2. The Morgan fingerprint density at radius 3 is 2.03 bits per heavy atom. The van der Waals surface area contributed by atoms with Gasteiger partial charge in [0.2, 0.25) is 0 Å². The molecule has 5 atom stereocenters. The molecule has 1 aliphatic carbocycles. The Morgan fingerprint density at radius 1 is 0.845 bits per heavy atom. The Morgan fingerprint density at radius 2 is 1.44 bits per heavy atom. The lowest BCUT2D eigenvalue weighted by atomic mass is 9.80. The van der Waals surface area contributed by atoms with Crippen LogP contribution in [0.15, 0.2) is 149 Å². The van der Waals surface area contributed by atoms with Gasteiger partial charge in [-0.2, -0.15) is 5.26 Å². The molecule has 2 unspecified atom stereocenters. The SMILES string of the molecule is COc1ccc(C(OC[C@H]2O[C@@H](N3C=NC4=C(NC(=O)OCC5c6ccccc6-c6ccccc65)NC=NC43)C[C@@H]2OP(OCCC#N)N(C(C)C)C(C)C)(c2ccccc2)c2ccc(OC)cc2)cc1. The molecule has 0 radical (unpaired) electrons. The Kier molecular flexibility index (Phi) is 15.4. The zero-order valence-corrected chi connectivity index (χ0v) is 41.7. The summed E-state index contributed by atoms with van der Waals surface area (Å²) in [7, 11) is 1.61. The maximum Gasteiger partial charge on any atom is 0.412 e. The predicted octanol–water partition coefficient (Wildman–Crippen LogP) is 9.80. The van der Waals surface area contributed by atoms with Crippen molar-refractivity contribution in [2.75, 3.05) is 34.0 Å². The molecule has 368 valence electrons. The van der Waals surface area contributed by atoms with Crippen molar-refractivity contribution in [3.8, 4) is 28.7 Å². The van der Waals surface area contributed by atoms with Crippen molar-refractivity contribution in [1.82, 2.24) is 20.2 Å². The summed E-state index contributed by atoms with van der Waals surface area (Å²) in [5.41, 5.74) is 6.56. The zero-order valence-electron chi connectivity index (χ0n) is 40.8. The standard InChI is InChI=1S/C55H60N7O8P/c1-36(2)62(37(3)4)71(68-30-14-29-56)70-48-31-50(69-49(48)33-67-55(38-15-8-7-9-16-38,39-21-25-41(64-5)26-22-39)40-23-27-42(65-6)28-24-40)61-35-59-51-52(57-34-58-53(51)61)60-54(63)66-32-47-45-19-12-10-17-43(45)44-18-11-13-20-46(44)47/h7-13,15-28,34-37,47-50,53H,14,30-33H2,1-6H3,(H,57,58)(H,60,63)/t48-,49+,50+,53?,71?/m0/s1. The van der Waals surface area contributed by atoms with Crippen molar-refractivity contribution in [3.63, 3.8) is 0 Å². The third kappa shape index (κ3) is 10.3. The Balaban J connectivity index is 1.00. The van der Waals surface area contributed by atoms with Gasteiger partial charge in [-0.3, -0.25) is 5.32 Å². The predicted molar refractivity (Wildman–Crippen MR) is 273 cm³/mol. The molecule has 4 aliphatic rings. The molecule has 2 N–H and O–H groups in total. The number of hydrogen-bond acceptors (Lipinski definition) is 14. The summed E-state index contributed by atoms with van der Waals surface area (Å²) in [5.74, 6) is 1.69. The number of amides is 1. The van der Waals surface area contributed by atoms with Gasteiger partial charge >= 0.3 is 6.09 Å². The van der Waals surface area contributed by atoms with E-state index < -0.39 is 44.8 Å². The highest BCUT2D eigenvalue weighted by atomic mass is 31.2. The molecule has 5 aromatic carbocycles. The van der Waals surface area contributed by atoms with Gasteiger partial charge in [-0.15, -0.1) is 0 Å². The number of carbonyl (C=O) groups is 1. The van der Waals surface area contributed by atoms with Crippen molar-refractivity contribution in [3.05, 3.63) is 167 Å². The molecule has 1 fully saturated rings. The first-order valence-corrected chi connectivity index (χ1v) is 25.1. The van der Waals surface area contributed by atoms with E-state index in [2.05, 4.69) is 85.5 Å². The van der Waals surface area contributed by atoms with Crippen molar-refractivity contribution >= 4 is 27.3 Å². The molecule has 9 rings (SSSR count). The fourth-order valence-corrected chi connectivity index (χ4v) is 11.7. The fraction of sp³-hybridized carbons (Fsp3) is 0.345. The minimum atomic E-state index is -1.68. The summed E-state index contributed by atoms with van der Waals surface area (Å²) in [6.45, 7) is 8.88. The van der Waals surface area contributed by atoms with Gasteiger partial charge in [-0.05, 0) is 90.9 Å². The molecule has 15 nitrogen and oxygen atoms in total. The van der Waals surface area contributed by atoms with Crippen LogP contribution >= 0.6 is 8.53 Å². The molecule has 0 spiro atoms. The summed E-state index contributed by atoms with van der Waals surface area (Å²) >= 11 is 0. The minimum absolute atomic E-state index is 0.0665. The van der Waals surface area contributed by atoms with E-state index in [1.807, 2.05) is 95.9 Å². The molecule has 0 saturated carbocycles. The Labute approximate surface area is 417 Å². The summed E-state index contributed by atoms with van der Waals surface area (Å²) in [5, 5.41) is 15.5. The molecule has 0 bridgehead atoms. The monoisotopic (exact) mass is 977 g/mol. The van der Waals surface area contributed by atoms with Gasteiger partial charge in [-0.25, -0.2) is 19.4 Å². The van der Waals surface area contributed by atoms with Crippen LogP contribution in [0.25, 0.3) is 11.1 Å². The largest absolute Gasteiger partial charge is 0.497 e. The van der Waals surface area contributed by atoms with E-state index in [-0.39, 0.29) is 44.2 Å². The highest BCUT2D eigenvalue weighted by Crippen LogP contribution is 2.51. The van der Waals surface area contributed by atoms with E-state index in [9.17, 15) is 10.1 Å². The lowest BCUT2D eigenvalue weighted by Crippen LogP contribution is -2.44. The van der Waals surface area contributed by atoms with Crippen LogP contribution in [0.4, 0.5) is 4.79 Å². The van der Waals surface area contributed by atoms with E-state index in [0.717, 1.165) is 38.9 Å². The molecular formula is C55H60N7O8P.